The van der Waals surface area contributed by atoms with Crippen molar-refractivity contribution in [2.45, 2.75) is 19.8 Å². The van der Waals surface area contributed by atoms with Crippen LogP contribution in [0, 0.1) is 5.82 Å². The van der Waals surface area contributed by atoms with E-state index in [1.807, 2.05) is 31.2 Å². The number of halogens is 1. The van der Waals surface area contributed by atoms with Gasteiger partial charge in [0.1, 0.15) is 0 Å². The van der Waals surface area contributed by atoms with Crippen LogP contribution in [0.1, 0.15) is 30.1 Å². The van der Waals surface area contributed by atoms with Crippen molar-refractivity contribution in [1.82, 2.24) is 4.98 Å². The van der Waals surface area contributed by atoms with E-state index in [0.29, 0.717) is 12.2 Å². The Kier molecular flexibility index (Phi) is 6.37. The van der Waals surface area contributed by atoms with Crippen molar-refractivity contribution in [3.63, 3.8) is 0 Å². The monoisotopic (exact) mass is 378 g/mol. The van der Waals surface area contributed by atoms with Crippen molar-refractivity contribution in [2.24, 2.45) is 0 Å². The maximum absolute atomic E-state index is 14.9. The predicted octanol–water partition coefficient (Wildman–Crippen LogP) is 5.39. The molecule has 4 nitrogen and oxygen atoms in total. The van der Waals surface area contributed by atoms with Crippen LogP contribution in [0.3, 0.4) is 0 Å². The molecule has 0 fully saturated rings. The van der Waals surface area contributed by atoms with Gasteiger partial charge in [-0.2, -0.15) is 0 Å². The molecule has 2 aromatic carbocycles. The Balaban J connectivity index is 1.77. The second kappa shape index (κ2) is 9.13. The zero-order valence-electron chi connectivity index (χ0n) is 16.1. The Labute approximate surface area is 164 Å². The molecule has 1 amide bonds. The van der Waals surface area contributed by atoms with E-state index in [2.05, 4.69) is 4.98 Å². The van der Waals surface area contributed by atoms with Gasteiger partial charge in [-0.05, 0) is 56.2 Å². The average Bonchev–Trinajstić information content (AvgIpc) is 2.73. The molecule has 0 aliphatic carbocycles. The number of anilines is 1. The average molecular weight is 378 g/mol. The van der Waals surface area contributed by atoms with E-state index in [9.17, 15) is 9.18 Å². The van der Waals surface area contributed by atoms with Crippen molar-refractivity contribution >= 4 is 22.5 Å². The summed E-state index contributed by atoms with van der Waals surface area (Å²) in [6, 6.07) is 13.8. The minimum Gasteiger partial charge on any atom is -0.490 e. The lowest BCUT2D eigenvalue weighted by Gasteiger charge is -2.19. The Morgan fingerprint density at radius 1 is 1.21 bits per heavy atom. The van der Waals surface area contributed by atoms with Crippen LogP contribution in [0.5, 0.6) is 5.75 Å². The van der Waals surface area contributed by atoms with Crippen molar-refractivity contribution in [2.75, 3.05) is 18.6 Å². The Morgan fingerprint density at radius 2 is 2.07 bits per heavy atom. The Morgan fingerprint density at radius 3 is 2.89 bits per heavy atom. The number of unbranched alkanes of at least 4 members (excludes halogenated alkanes) is 1. The van der Waals surface area contributed by atoms with E-state index in [-0.39, 0.29) is 17.3 Å². The molecule has 0 bridgehead atoms. The van der Waals surface area contributed by atoms with E-state index in [1.54, 1.807) is 49.6 Å². The van der Waals surface area contributed by atoms with Crippen LogP contribution in [0.25, 0.3) is 10.9 Å². The molecule has 5 heteroatoms. The standard InChI is InChI=1S/C23H23FN2O2/c1-3-4-5-6-15-28-21-11-7-10-20(22(21)24)26(2)23(27)18-12-13-19-17(16-18)9-8-14-25-19/h3-4,7-14,16H,5-6,15H2,1-2H3. The van der Waals surface area contributed by atoms with Gasteiger partial charge >= 0.3 is 0 Å². The summed E-state index contributed by atoms with van der Waals surface area (Å²) in [5, 5.41) is 0.862. The number of pyridine rings is 1. The maximum Gasteiger partial charge on any atom is 0.258 e. The third-order valence-corrected chi connectivity index (χ3v) is 4.47. The molecule has 144 valence electrons. The van der Waals surface area contributed by atoms with Crippen LogP contribution in [-0.4, -0.2) is 24.5 Å². The number of fused-ring (bicyclic) bond motifs is 1. The smallest absolute Gasteiger partial charge is 0.258 e. The molecule has 0 saturated heterocycles. The Bertz CT molecular complexity index is 1000. The number of amides is 1. The zero-order valence-corrected chi connectivity index (χ0v) is 16.1. The van der Waals surface area contributed by atoms with E-state index >= 15 is 0 Å². The zero-order chi connectivity index (χ0) is 19.9. The molecule has 0 saturated carbocycles. The summed E-state index contributed by atoms with van der Waals surface area (Å²) in [5.74, 6) is -0.679. The summed E-state index contributed by atoms with van der Waals surface area (Å²) in [5.41, 5.74) is 1.46. The van der Waals surface area contributed by atoms with Crippen LogP contribution in [0.2, 0.25) is 0 Å². The normalized spacial score (nSPS) is 11.1. The van der Waals surface area contributed by atoms with E-state index in [1.165, 1.54) is 4.90 Å². The number of benzene rings is 2. The van der Waals surface area contributed by atoms with Gasteiger partial charge in [0.15, 0.2) is 11.6 Å². The van der Waals surface area contributed by atoms with Gasteiger partial charge < -0.3 is 9.64 Å². The van der Waals surface area contributed by atoms with E-state index in [4.69, 9.17) is 4.74 Å². The summed E-state index contributed by atoms with van der Waals surface area (Å²) in [4.78, 5) is 18.4. The number of aromatic nitrogens is 1. The van der Waals surface area contributed by atoms with Gasteiger partial charge in [0, 0.05) is 24.2 Å². The molecule has 3 rings (SSSR count). The van der Waals surface area contributed by atoms with Crippen LogP contribution < -0.4 is 9.64 Å². The Hall–Kier alpha value is -3.21. The molecular formula is C23H23FN2O2. The lowest BCUT2D eigenvalue weighted by molar-refractivity contribution is 0.0992. The van der Waals surface area contributed by atoms with Crippen molar-refractivity contribution in [1.29, 1.82) is 0 Å². The van der Waals surface area contributed by atoms with Gasteiger partial charge in [-0.25, -0.2) is 4.39 Å². The van der Waals surface area contributed by atoms with Crippen molar-refractivity contribution in [3.05, 3.63) is 78.3 Å². The minimum atomic E-state index is -0.535. The van der Waals surface area contributed by atoms with Crippen molar-refractivity contribution in [3.8, 4) is 5.75 Å². The lowest BCUT2D eigenvalue weighted by atomic mass is 10.1. The third-order valence-electron chi connectivity index (χ3n) is 4.47. The van der Waals surface area contributed by atoms with Crippen molar-refractivity contribution < 1.29 is 13.9 Å². The number of rotatable bonds is 7. The molecule has 28 heavy (non-hydrogen) atoms. The molecule has 1 heterocycles. The van der Waals surface area contributed by atoms with Gasteiger partial charge in [-0.15, -0.1) is 0 Å². The van der Waals surface area contributed by atoms with Crippen LogP contribution in [0.4, 0.5) is 10.1 Å². The highest BCUT2D eigenvalue weighted by Crippen LogP contribution is 2.28. The first-order valence-electron chi connectivity index (χ1n) is 9.27. The lowest BCUT2D eigenvalue weighted by Crippen LogP contribution is -2.27. The molecule has 0 atom stereocenters. The van der Waals surface area contributed by atoms with Gasteiger partial charge in [0.05, 0.1) is 17.8 Å². The van der Waals surface area contributed by atoms with Gasteiger partial charge in [-0.3, -0.25) is 9.78 Å². The fraction of sp³-hybridized carbons (Fsp3) is 0.217. The van der Waals surface area contributed by atoms with Gasteiger partial charge in [-0.1, -0.05) is 24.3 Å². The summed E-state index contributed by atoms with van der Waals surface area (Å²) in [6.45, 7) is 2.38. The fourth-order valence-electron chi connectivity index (χ4n) is 2.93. The summed E-state index contributed by atoms with van der Waals surface area (Å²) >= 11 is 0. The largest absolute Gasteiger partial charge is 0.490 e. The van der Waals surface area contributed by atoms with Crippen LogP contribution >= 0.6 is 0 Å². The highest BCUT2D eigenvalue weighted by Gasteiger charge is 2.19. The molecule has 3 aromatic rings. The molecule has 0 aliphatic rings. The fourth-order valence-corrected chi connectivity index (χ4v) is 2.93. The number of hydrogen-bond acceptors (Lipinski definition) is 3. The number of carbonyl (C=O) groups excluding carboxylic acids is 1. The molecule has 0 spiro atoms. The first-order valence-corrected chi connectivity index (χ1v) is 9.27. The van der Waals surface area contributed by atoms with Gasteiger partial charge in [0.2, 0.25) is 0 Å². The number of allylic oxidation sites excluding steroid dienone is 2. The van der Waals surface area contributed by atoms with Crippen LogP contribution in [0.15, 0.2) is 66.9 Å². The molecule has 0 aliphatic heterocycles. The third kappa shape index (κ3) is 4.36. The summed E-state index contributed by atoms with van der Waals surface area (Å²) in [6.07, 6.45) is 7.41. The maximum atomic E-state index is 14.9. The minimum absolute atomic E-state index is 0.153. The van der Waals surface area contributed by atoms with E-state index < -0.39 is 5.82 Å². The molecule has 0 radical (unpaired) electrons. The van der Waals surface area contributed by atoms with Crippen LogP contribution in [-0.2, 0) is 0 Å². The molecule has 1 aromatic heterocycles. The summed E-state index contributed by atoms with van der Waals surface area (Å²) < 4.78 is 20.4. The number of ether oxygens (including phenoxy) is 1. The molecule has 0 N–H and O–H groups in total. The first-order chi connectivity index (χ1) is 13.6. The highest BCUT2D eigenvalue weighted by molar-refractivity contribution is 6.07. The highest BCUT2D eigenvalue weighted by atomic mass is 19.1. The number of nitrogens with zero attached hydrogens (tertiary/aromatic N) is 2. The topological polar surface area (TPSA) is 42.4 Å². The first kappa shape index (κ1) is 19.5. The predicted molar refractivity (Wildman–Crippen MR) is 110 cm³/mol. The SMILES string of the molecule is CC=CCCCOc1cccc(N(C)C(=O)c2ccc3ncccc3c2)c1F. The quantitative estimate of drug-likeness (QED) is 0.409. The van der Waals surface area contributed by atoms with E-state index in [0.717, 1.165) is 23.7 Å². The molecular weight excluding hydrogens is 355 g/mol. The second-order valence-corrected chi connectivity index (χ2v) is 6.42. The number of carbonyl (C=O) groups is 1. The second-order valence-electron chi connectivity index (χ2n) is 6.42. The number of hydrogen-bond donors (Lipinski definition) is 0. The summed E-state index contributed by atoms with van der Waals surface area (Å²) in [7, 11) is 1.56. The molecule has 0 unspecified atom stereocenters. The van der Waals surface area contributed by atoms with Gasteiger partial charge in [0.25, 0.3) is 5.91 Å².